The van der Waals surface area contributed by atoms with Crippen molar-refractivity contribution in [3.05, 3.63) is 41.7 Å². The van der Waals surface area contributed by atoms with Crippen LogP contribution < -0.4 is 10.6 Å². The fourth-order valence-corrected chi connectivity index (χ4v) is 5.72. The fourth-order valence-electron chi connectivity index (χ4n) is 5.52. The highest BCUT2D eigenvalue weighted by Crippen LogP contribution is 2.33. The minimum Gasteiger partial charge on any atom is -0.444 e. The number of hydrogen-bond donors (Lipinski definition) is 4. The number of carbonyl (C=O) groups is 1. The molecule has 3 heterocycles. The number of anilines is 1. The van der Waals surface area contributed by atoms with Gasteiger partial charge in [0.25, 0.3) is 0 Å². The van der Waals surface area contributed by atoms with Crippen molar-refractivity contribution < 1.29 is 14.6 Å². The van der Waals surface area contributed by atoms with Crippen molar-refractivity contribution in [3.63, 3.8) is 0 Å². The molecule has 2 aliphatic rings. The number of carbonyl (C=O) groups excluding carboxylic acids is 1. The van der Waals surface area contributed by atoms with Gasteiger partial charge in [-0.15, -0.1) is 0 Å². The molecule has 0 spiro atoms. The molecule has 1 amide bonds. The van der Waals surface area contributed by atoms with Gasteiger partial charge in [-0.1, -0.05) is 29.8 Å². The van der Waals surface area contributed by atoms with Crippen molar-refractivity contribution >= 4 is 34.5 Å². The molecule has 210 valence electrons. The number of amides is 1. The van der Waals surface area contributed by atoms with Gasteiger partial charge in [-0.3, -0.25) is 0 Å². The predicted octanol–water partition coefficient (Wildman–Crippen LogP) is 5.35. The molecule has 2 atom stereocenters. The summed E-state index contributed by atoms with van der Waals surface area (Å²) < 4.78 is 5.48. The van der Waals surface area contributed by atoms with E-state index in [1.807, 2.05) is 45.2 Å². The van der Waals surface area contributed by atoms with Gasteiger partial charge in [-0.2, -0.15) is 0 Å². The summed E-state index contributed by atoms with van der Waals surface area (Å²) in [6, 6.07) is 8.59. The lowest BCUT2D eigenvalue weighted by atomic mass is 9.88. The van der Waals surface area contributed by atoms with E-state index in [1.165, 1.54) is 0 Å². The van der Waals surface area contributed by atoms with Gasteiger partial charge in [0.2, 0.25) is 5.95 Å². The van der Waals surface area contributed by atoms with E-state index < -0.39 is 11.2 Å². The van der Waals surface area contributed by atoms with Crippen molar-refractivity contribution in [2.45, 2.75) is 82.6 Å². The Labute approximate surface area is 234 Å². The number of halogens is 1. The second-order valence-electron chi connectivity index (χ2n) is 11.9. The third kappa shape index (κ3) is 6.83. The van der Waals surface area contributed by atoms with Crippen molar-refractivity contribution in [1.29, 1.82) is 0 Å². The Kier molecular flexibility index (Phi) is 8.03. The standard InChI is InChI=1S/C29H39ClN6O3/c1-28(2,3)39-27(37)36-13-11-29(38,12-14-36)18-33-19-7-6-8-20(15-19)34-26-32-17-23(30)25(35-26)22-16-31-24-10-5-4-9-21(22)24/h4-5,9-10,16-17,19-20,31,33,38H,6-8,11-15,18H2,1-3H3,(H,32,34,35)/t19-,20+/m0/s1. The molecular formula is C29H39ClN6O3. The first-order valence-electron chi connectivity index (χ1n) is 13.9. The molecule has 1 aliphatic heterocycles. The summed E-state index contributed by atoms with van der Waals surface area (Å²) in [4.78, 5) is 26.6. The highest BCUT2D eigenvalue weighted by Gasteiger charge is 2.36. The minimum absolute atomic E-state index is 0.219. The maximum Gasteiger partial charge on any atom is 0.410 e. The Morgan fingerprint density at radius 3 is 2.74 bits per heavy atom. The van der Waals surface area contributed by atoms with Gasteiger partial charge in [-0.05, 0) is 65.4 Å². The lowest BCUT2D eigenvalue weighted by Crippen LogP contribution is -2.54. The molecule has 39 heavy (non-hydrogen) atoms. The molecule has 1 aromatic carbocycles. The van der Waals surface area contributed by atoms with E-state index in [0.29, 0.717) is 49.1 Å². The van der Waals surface area contributed by atoms with E-state index >= 15 is 0 Å². The first kappa shape index (κ1) is 27.7. The van der Waals surface area contributed by atoms with E-state index in [-0.39, 0.29) is 18.2 Å². The molecule has 9 nitrogen and oxygen atoms in total. The van der Waals surface area contributed by atoms with Crippen LogP contribution in [0.4, 0.5) is 10.7 Å². The number of aromatic amines is 1. The number of aliphatic hydroxyl groups is 1. The topological polar surface area (TPSA) is 115 Å². The number of piperidine rings is 1. The molecule has 4 N–H and O–H groups in total. The summed E-state index contributed by atoms with van der Waals surface area (Å²) >= 11 is 6.51. The SMILES string of the molecule is CC(C)(C)OC(=O)N1CCC(O)(CN[C@H]2CCC[C@@H](Nc3ncc(Cl)c(-c4c[nH]c5ccccc45)n3)C2)CC1. The Hall–Kier alpha value is -2.88. The minimum atomic E-state index is -0.827. The van der Waals surface area contributed by atoms with Crippen LogP contribution in [0.3, 0.4) is 0 Å². The summed E-state index contributed by atoms with van der Waals surface area (Å²) in [7, 11) is 0. The molecule has 1 aliphatic carbocycles. The molecular weight excluding hydrogens is 516 g/mol. The number of aromatic nitrogens is 3. The molecule has 1 saturated carbocycles. The zero-order valence-electron chi connectivity index (χ0n) is 23.0. The van der Waals surface area contributed by atoms with Crippen molar-refractivity contribution in [3.8, 4) is 11.3 Å². The van der Waals surface area contributed by atoms with Gasteiger partial charge in [0.1, 0.15) is 5.60 Å². The summed E-state index contributed by atoms with van der Waals surface area (Å²) in [6.07, 6.45) is 8.42. The molecule has 1 saturated heterocycles. The van der Waals surface area contributed by atoms with Crippen LogP contribution >= 0.6 is 11.6 Å². The number of nitrogens with zero attached hydrogens (tertiary/aromatic N) is 3. The van der Waals surface area contributed by atoms with Gasteiger partial charge in [0.05, 0.1) is 22.5 Å². The van der Waals surface area contributed by atoms with Crippen LogP contribution in [0, 0.1) is 0 Å². The molecule has 0 bridgehead atoms. The van der Waals surface area contributed by atoms with Crippen molar-refractivity contribution in [2.75, 3.05) is 25.0 Å². The van der Waals surface area contributed by atoms with Gasteiger partial charge in [0, 0.05) is 54.4 Å². The number of H-pyrrole nitrogens is 1. The summed E-state index contributed by atoms with van der Waals surface area (Å²) in [5, 5.41) is 19.9. The molecule has 2 aromatic heterocycles. The number of likely N-dealkylation sites (tertiary alicyclic amines) is 1. The molecule has 3 aromatic rings. The van der Waals surface area contributed by atoms with Crippen LogP contribution in [0.25, 0.3) is 22.2 Å². The van der Waals surface area contributed by atoms with Crippen LogP contribution in [0.15, 0.2) is 36.7 Å². The lowest BCUT2D eigenvalue weighted by Gasteiger charge is -2.40. The van der Waals surface area contributed by atoms with Gasteiger partial charge in [-0.25, -0.2) is 14.8 Å². The van der Waals surface area contributed by atoms with Gasteiger partial charge >= 0.3 is 6.09 Å². The number of para-hydroxylation sites is 1. The summed E-state index contributed by atoms with van der Waals surface area (Å²) in [6.45, 7) is 7.09. The first-order chi connectivity index (χ1) is 18.6. The number of ether oxygens (including phenoxy) is 1. The molecule has 0 radical (unpaired) electrons. The largest absolute Gasteiger partial charge is 0.444 e. The maximum absolute atomic E-state index is 12.4. The number of nitrogens with one attached hydrogen (secondary N) is 3. The Bertz CT molecular complexity index is 1300. The Morgan fingerprint density at radius 2 is 1.97 bits per heavy atom. The van der Waals surface area contributed by atoms with Crippen LogP contribution in [-0.4, -0.2) is 74.0 Å². The lowest BCUT2D eigenvalue weighted by molar-refractivity contribution is -0.0327. The zero-order valence-corrected chi connectivity index (χ0v) is 23.7. The van der Waals surface area contributed by atoms with E-state index in [4.69, 9.17) is 21.3 Å². The smallest absolute Gasteiger partial charge is 0.410 e. The van der Waals surface area contributed by atoms with E-state index in [1.54, 1.807) is 11.1 Å². The van der Waals surface area contributed by atoms with Crippen molar-refractivity contribution in [1.82, 2.24) is 25.2 Å². The highest BCUT2D eigenvalue weighted by molar-refractivity contribution is 6.33. The molecule has 5 rings (SSSR count). The quantitative estimate of drug-likeness (QED) is 0.324. The monoisotopic (exact) mass is 554 g/mol. The van der Waals surface area contributed by atoms with E-state index in [9.17, 15) is 9.90 Å². The van der Waals surface area contributed by atoms with Crippen LogP contribution in [0.2, 0.25) is 5.02 Å². The number of rotatable bonds is 6. The number of fused-ring (bicyclic) bond motifs is 1. The number of hydrogen-bond acceptors (Lipinski definition) is 7. The third-order valence-corrected chi connectivity index (χ3v) is 7.94. The van der Waals surface area contributed by atoms with Crippen LogP contribution in [0.1, 0.15) is 59.3 Å². The Balaban J connectivity index is 1.15. The van der Waals surface area contributed by atoms with E-state index in [0.717, 1.165) is 42.1 Å². The predicted molar refractivity (Wildman–Crippen MR) is 154 cm³/mol. The first-order valence-corrected chi connectivity index (χ1v) is 14.3. The maximum atomic E-state index is 12.4. The Morgan fingerprint density at radius 1 is 1.23 bits per heavy atom. The average Bonchev–Trinajstić information content (AvgIpc) is 3.32. The molecule has 2 fully saturated rings. The normalized spacial score (nSPS) is 21.6. The van der Waals surface area contributed by atoms with Gasteiger partial charge in [0.15, 0.2) is 0 Å². The van der Waals surface area contributed by atoms with Crippen LogP contribution in [0.5, 0.6) is 0 Å². The zero-order chi connectivity index (χ0) is 27.6. The summed E-state index contributed by atoms with van der Waals surface area (Å²) in [5.41, 5.74) is 1.35. The third-order valence-electron chi connectivity index (χ3n) is 7.66. The van der Waals surface area contributed by atoms with E-state index in [2.05, 4.69) is 26.7 Å². The highest BCUT2D eigenvalue weighted by atomic mass is 35.5. The summed E-state index contributed by atoms with van der Waals surface area (Å²) in [5.74, 6) is 0.568. The van der Waals surface area contributed by atoms with Crippen LogP contribution in [-0.2, 0) is 4.74 Å². The van der Waals surface area contributed by atoms with Gasteiger partial charge < -0.3 is 30.4 Å². The molecule has 10 heteroatoms. The second kappa shape index (κ2) is 11.3. The average molecular weight is 555 g/mol. The molecule has 0 unspecified atom stereocenters. The number of benzene rings is 1. The fraction of sp³-hybridized carbons (Fsp3) is 0.552. The van der Waals surface area contributed by atoms with Crippen molar-refractivity contribution in [2.24, 2.45) is 0 Å². The second-order valence-corrected chi connectivity index (χ2v) is 12.3.